The highest BCUT2D eigenvalue weighted by Crippen LogP contribution is 2.36. The molecule has 1 atom stereocenters. The van der Waals surface area contributed by atoms with E-state index in [0.717, 1.165) is 28.5 Å². The van der Waals surface area contributed by atoms with Crippen LogP contribution in [-0.4, -0.2) is 7.11 Å². The van der Waals surface area contributed by atoms with Crippen molar-refractivity contribution in [3.05, 3.63) is 63.7 Å². The zero-order valence-electron chi connectivity index (χ0n) is 12.4. The predicted molar refractivity (Wildman–Crippen MR) is 84.3 cm³/mol. The normalized spacial score (nSPS) is 12.3. The topological polar surface area (TPSA) is 9.23 Å². The highest BCUT2D eigenvalue weighted by atomic mass is 79.9. The first-order chi connectivity index (χ1) is 9.85. The molecule has 0 bridgehead atoms. The van der Waals surface area contributed by atoms with Gasteiger partial charge in [-0.3, -0.25) is 0 Å². The van der Waals surface area contributed by atoms with E-state index in [4.69, 9.17) is 4.74 Å². The Morgan fingerprint density at radius 1 is 0.905 bits per heavy atom. The fraction of sp³-hybridized carbons (Fsp3) is 0.294. The van der Waals surface area contributed by atoms with Gasteiger partial charge in [0.1, 0.15) is 17.4 Å². The lowest BCUT2D eigenvalue weighted by Gasteiger charge is -2.17. The van der Waals surface area contributed by atoms with Gasteiger partial charge in [0.15, 0.2) is 0 Å². The summed E-state index contributed by atoms with van der Waals surface area (Å²) in [6.45, 7) is 5.52. The van der Waals surface area contributed by atoms with Crippen molar-refractivity contribution in [3.63, 3.8) is 0 Å². The van der Waals surface area contributed by atoms with Crippen LogP contribution in [0.5, 0.6) is 5.75 Å². The van der Waals surface area contributed by atoms with Crippen molar-refractivity contribution in [2.45, 2.75) is 25.6 Å². The van der Waals surface area contributed by atoms with Crippen LogP contribution in [0.25, 0.3) is 0 Å². The Labute approximate surface area is 132 Å². The molecule has 1 nitrogen and oxygen atoms in total. The molecular formula is C17H17BrF2O. The van der Waals surface area contributed by atoms with E-state index in [1.165, 1.54) is 0 Å². The fourth-order valence-corrected chi connectivity index (χ4v) is 3.12. The van der Waals surface area contributed by atoms with Crippen molar-refractivity contribution in [1.82, 2.24) is 0 Å². The lowest BCUT2D eigenvalue weighted by Crippen LogP contribution is -2.01. The maximum absolute atomic E-state index is 14.0. The van der Waals surface area contributed by atoms with Crippen molar-refractivity contribution in [2.75, 3.05) is 7.11 Å². The van der Waals surface area contributed by atoms with Gasteiger partial charge in [0.05, 0.1) is 11.9 Å². The second kappa shape index (κ2) is 6.14. The third-order valence-corrected chi connectivity index (χ3v) is 4.55. The number of aryl methyl sites for hydroxylation is 3. The van der Waals surface area contributed by atoms with Crippen LogP contribution in [0.3, 0.4) is 0 Å². The minimum absolute atomic E-state index is 0.333. The van der Waals surface area contributed by atoms with Crippen molar-refractivity contribution in [1.29, 1.82) is 0 Å². The molecular weight excluding hydrogens is 338 g/mol. The summed E-state index contributed by atoms with van der Waals surface area (Å²) in [6, 6.07) is 6.37. The van der Waals surface area contributed by atoms with Crippen LogP contribution in [0, 0.1) is 32.4 Å². The zero-order chi connectivity index (χ0) is 15.7. The third-order valence-electron chi connectivity index (χ3n) is 3.53. The predicted octanol–water partition coefficient (Wildman–Crippen LogP) is 5.38. The Kier molecular flexibility index (Phi) is 4.67. The molecule has 1 unspecified atom stereocenters. The summed E-state index contributed by atoms with van der Waals surface area (Å²) in [5.74, 6) is -0.252. The van der Waals surface area contributed by atoms with Gasteiger partial charge in [-0.2, -0.15) is 0 Å². The number of benzene rings is 2. The molecule has 2 aromatic rings. The summed E-state index contributed by atoms with van der Waals surface area (Å²) >= 11 is 3.52. The number of hydrogen-bond acceptors (Lipinski definition) is 1. The average molecular weight is 355 g/mol. The lowest BCUT2D eigenvalue weighted by molar-refractivity contribution is 0.408. The highest BCUT2D eigenvalue weighted by molar-refractivity contribution is 9.09. The molecule has 0 aliphatic carbocycles. The molecule has 0 aliphatic heterocycles. The molecule has 0 heterocycles. The van der Waals surface area contributed by atoms with E-state index in [9.17, 15) is 8.78 Å². The summed E-state index contributed by atoms with van der Waals surface area (Å²) in [6.07, 6.45) is 0. The second-order valence-electron chi connectivity index (χ2n) is 5.17. The van der Waals surface area contributed by atoms with Crippen molar-refractivity contribution < 1.29 is 13.5 Å². The number of alkyl halides is 1. The van der Waals surface area contributed by atoms with Gasteiger partial charge >= 0.3 is 0 Å². The van der Waals surface area contributed by atoms with Crippen LogP contribution in [0.2, 0.25) is 0 Å². The van der Waals surface area contributed by atoms with E-state index in [0.29, 0.717) is 11.1 Å². The quantitative estimate of drug-likeness (QED) is 0.672. The first kappa shape index (κ1) is 16.0. The summed E-state index contributed by atoms with van der Waals surface area (Å²) in [5, 5.41) is 0. The molecule has 0 aliphatic rings. The summed E-state index contributed by atoms with van der Waals surface area (Å²) in [7, 11) is 1.63. The number of rotatable bonds is 3. The summed E-state index contributed by atoms with van der Waals surface area (Å²) in [5.41, 5.74) is 3.73. The van der Waals surface area contributed by atoms with E-state index in [2.05, 4.69) is 15.9 Å². The standard InChI is InChI=1S/C17H17BrF2O/c1-9-7-13(15(20)8-14(9)19)16(18)12-5-10(2)17(21-4)11(3)6-12/h5-8,16H,1-4H3. The Bertz CT molecular complexity index is 660. The Hall–Kier alpha value is -1.42. The average Bonchev–Trinajstić information content (AvgIpc) is 2.41. The van der Waals surface area contributed by atoms with Crippen molar-refractivity contribution in [3.8, 4) is 5.75 Å². The molecule has 2 rings (SSSR count). The number of hydrogen-bond donors (Lipinski definition) is 0. The van der Waals surface area contributed by atoms with Gasteiger partial charge < -0.3 is 4.74 Å². The Balaban J connectivity index is 2.50. The largest absolute Gasteiger partial charge is 0.496 e. The van der Waals surface area contributed by atoms with E-state index in [-0.39, 0.29) is 4.83 Å². The van der Waals surface area contributed by atoms with Crippen molar-refractivity contribution >= 4 is 15.9 Å². The molecule has 0 saturated carbocycles. The molecule has 2 aromatic carbocycles. The van der Waals surface area contributed by atoms with Crippen LogP contribution in [-0.2, 0) is 0 Å². The Morgan fingerprint density at radius 3 is 2.00 bits per heavy atom. The van der Waals surface area contributed by atoms with Gasteiger partial charge in [0.25, 0.3) is 0 Å². The van der Waals surface area contributed by atoms with Gasteiger partial charge in [-0.15, -0.1) is 0 Å². The molecule has 0 saturated heterocycles. The third kappa shape index (κ3) is 3.10. The molecule has 0 amide bonds. The van der Waals surface area contributed by atoms with Gasteiger partial charge in [0, 0.05) is 11.6 Å². The van der Waals surface area contributed by atoms with Gasteiger partial charge in [-0.1, -0.05) is 28.1 Å². The number of ether oxygens (including phenoxy) is 1. The molecule has 0 spiro atoms. The summed E-state index contributed by atoms with van der Waals surface area (Å²) < 4.78 is 32.7. The highest BCUT2D eigenvalue weighted by Gasteiger charge is 2.18. The number of methoxy groups -OCH3 is 1. The molecule has 0 radical (unpaired) electrons. The maximum Gasteiger partial charge on any atom is 0.130 e. The molecule has 0 N–H and O–H groups in total. The SMILES string of the molecule is COc1c(C)cc(C(Br)c2cc(C)c(F)cc2F)cc1C. The first-order valence-electron chi connectivity index (χ1n) is 6.60. The lowest BCUT2D eigenvalue weighted by atomic mass is 9.98. The summed E-state index contributed by atoms with van der Waals surface area (Å²) in [4.78, 5) is -0.333. The monoisotopic (exact) mass is 354 g/mol. The van der Waals surface area contributed by atoms with E-state index in [1.54, 1.807) is 20.1 Å². The van der Waals surface area contributed by atoms with Gasteiger partial charge in [-0.25, -0.2) is 8.78 Å². The first-order valence-corrected chi connectivity index (χ1v) is 7.51. The minimum atomic E-state index is -0.550. The molecule has 21 heavy (non-hydrogen) atoms. The minimum Gasteiger partial charge on any atom is -0.496 e. The number of halogens is 3. The van der Waals surface area contributed by atoms with Gasteiger partial charge in [-0.05, 0) is 49.1 Å². The van der Waals surface area contributed by atoms with E-state index >= 15 is 0 Å². The van der Waals surface area contributed by atoms with Crippen LogP contribution in [0.1, 0.15) is 32.6 Å². The van der Waals surface area contributed by atoms with Crippen LogP contribution < -0.4 is 4.74 Å². The van der Waals surface area contributed by atoms with E-state index < -0.39 is 11.6 Å². The maximum atomic E-state index is 14.0. The van der Waals surface area contributed by atoms with Crippen LogP contribution in [0.4, 0.5) is 8.78 Å². The second-order valence-corrected chi connectivity index (χ2v) is 6.09. The van der Waals surface area contributed by atoms with Crippen LogP contribution in [0.15, 0.2) is 24.3 Å². The molecule has 4 heteroatoms. The zero-order valence-corrected chi connectivity index (χ0v) is 14.0. The van der Waals surface area contributed by atoms with Crippen LogP contribution >= 0.6 is 15.9 Å². The fourth-order valence-electron chi connectivity index (χ4n) is 2.51. The molecule has 112 valence electrons. The molecule has 0 aromatic heterocycles. The van der Waals surface area contributed by atoms with E-state index in [1.807, 2.05) is 26.0 Å². The Morgan fingerprint density at radius 2 is 1.48 bits per heavy atom. The smallest absolute Gasteiger partial charge is 0.130 e. The van der Waals surface area contributed by atoms with Crippen molar-refractivity contribution in [2.24, 2.45) is 0 Å². The molecule has 0 fully saturated rings. The van der Waals surface area contributed by atoms with Gasteiger partial charge in [0.2, 0.25) is 0 Å².